The standard InChI is InChI=1S/C11H12ClN3O2/c1-3-7-8-9(12)6(11(16)17)5-13-10(8)15(4-2)14-7/h5H,3-4H2,1-2H3,(H,16,17). The lowest BCUT2D eigenvalue weighted by Gasteiger charge is -2.01. The Morgan fingerprint density at radius 3 is 2.76 bits per heavy atom. The number of hydrogen-bond donors (Lipinski definition) is 1. The van der Waals surface area contributed by atoms with E-state index in [9.17, 15) is 4.79 Å². The van der Waals surface area contributed by atoms with Gasteiger partial charge in [-0.15, -0.1) is 0 Å². The molecule has 0 radical (unpaired) electrons. The first-order valence-electron chi connectivity index (χ1n) is 5.37. The molecule has 0 saturated carbocycles. The van der Waals surface area contributed by atoms with Crippen LogP contribution in [0.15, 0.2) is 6.20 Å². The van der Waals surface area contributed by atoms with Crippen molar-refractivity contribution in [1.82, 2.24) is 14.8 Å². The molecule has 0 saturated heterocycles. The lowest BCUT2D eigenvalue weighted by Crippen LogP contribution is -2.01. The molecule has 17 heavy (non-hydrogen) atoms. The van der Waals surface area contributed by atoms with Crippen LogP contribution in [-0.2, 0) is 13.0 Å². The third-order valence-electron chi connectivity index (χ3n) is 2.63. The molecular weight excluding hydrogens is 242 g/mol. The maximum Gasteiger partial charge on any atom is 0.338 e. The van der Waals surface area contributed by atoms with E-state index < -0.39 is 5.97 Å². The number of carboxylic acid groups (broad SMARTS) is 1. The number of hydrogen-bond acceptors (Lipinski definition) is 3. The van der Waals surface area contributed by atoms with Gasteiger partial charge in [0, 0.05) is 12.7 Å². The fraction of sp³-hybridized carbons (Fsp3) is 0.364. The SMILES string of the molecule is CCc1nn(CC)c2ncc(C(=O)O)c(Cl)c12. The fourth-order valence-corrected chi connectivity index (χ4v) is 2.11. The zero-order valence-electron chi connectivity index (χ0n) is 9.57. The van der Waals surface area contributed by atoms with Crippen LogP contribution in [0, 0.1) is 0 Å². The third-order valence-corrected chi connectivity index (χ3v) is 3.03. The van der Waals surface area contributed by atoms with Crippen molar-refractivity contribution in [1.29, 1.82) is 0 Å². The van der Waals surface area contributed by atoms with Crippen LogP contribution in [0.5, 0.6) is 0 Å². The molecule has 0 fully saturated rings. The van der Waals surface area contributed by atoms with Crippen LogP contribution >= 0.6 is 11.6 Å². The summed E-state index contributed by atoms with van der Waals surface area (Å²) in [6.07, 6.45) is 1.97. The molecule has 90 valence electrons. The average molecular weight is 254 g/mol. The Labute approximate surface area is 103 Å². The monoisotopic (exact) mass is 253 g/mol. The van der Waals surface area contributed by atoms with Crippen LogP contribution in [0.1, 0.15) is 29.9 Å². The van der Waals surface area contributed by atoms with Crippen LogP contribution in [0.4, 0.5) is 0 Å². The summed E-state index contributed by atoms with van der Waals surface area (Å²) in [5.41, 5.74) is 1.44. The Balaban J connectivity index is 2.83. The second kappa shape index (κ2) is 4.33. The molecule has 2 aromatic heterocycles. The minimum atomic E-state index is -1.07. The number of aromatic nitrogens is 3. The Bertz CT molecular complexity index is 592. The van der Waals surface area contributed by atoms with Crippen molar-refractivity contribution in [3.05, 3.63) is 22.5 Å². The summed E-state index contributed by atoms with van der Waals surface area (Å²) in [4.78, 5) is 15.1. The van der Waals surface area contributed by atoms with Crippen LogP contribution in [0.25, 0.3) is 11.0 Å². The second-order valence-corrected chi connectivity index (χ2v) is 3.98. The number of halogens is 1. The first-order chi connectivity index (χ1) is 8.10. The fourth-order valence-electron chi connectivity index (χ4n) is 1.79. The molecule has 0 unspecified atom stereocenters. The van der Waals surface area contributed by atoms with Gasteiger partial charge in [-0.1, -0.05) is 18.5 Å². The predicted octanol–water partition coefficient (Wildman–Crippen LogP) is 2.37. The van der Waals surface area contributed by atoms with E-state index in [1.54, 1.807) is 4.68 Å². The summed E-state index contributed by atoms with van der Waals surface area (Å²) in [7, 11) is 0. The number of aromatic carboxylic acids is 1. The van der Waals surface area contributed by atoms with Crippen molar-refractivity contribution in [2.75, 3.05) is 0 Å². The van der Waals surface area contributed by atoms with E-state index in [2.05, 4.69) is 10.1 Å². The molecule has 1 N–H and O–H groups in total. The highest BCUT2D eigenvalue weighted by atomic mass is 35.5. The highest BCUT2D eigenvalue weighted by molar-refractivity contribution is 6.38. The Morgan fingerprint density at radius 1 is 1.53 bits per heavy atom. The number of nitrogens with zero attached hydrogens (tertiary/aromatic N) is 3. The number of rotatable bonds is 3. The smallest absolute Gasteiger partial charge is 0.338 e. The summed E-state index contributed by atoms with van der Waals surface area (Å²) in [6, 6.07) is 0. The number of carboxylic acids is 1. The van der Waals surface area contributed by atoms with Gasteiger partial charge in [-0.25, -0.2) is 14.5 Å². The van der Waals surface area contributed by atoms with E-state index in [4.69, 9.17) is 16.7 Å². The summed E-state index contributed by atoms with van der Waals surface area (Å²) >= 11 is 6.12. The quantitative estimate of drug-likeness (QED) is 0.912. The van der Waals surface area contributed by atoms with E-state index in [0.717, 1.165) is 5.69 Å². The molecule has 2 aromatic rings. The summed E-state index contributed by atoms with van der Waals surface area (Å²) in [6.45, 7) is 4.57. The van der Waals surface area contributed by atoms with Gasteiger partial charge in [0.2, 0.25) is 0 Å². The molecule has 0 amide bonds. The lowest BCUT2D eigenvalue weighted by atomic mass is 10.2. The summed E-state index contributed by atoms with van der Waals surface area (Å²) < 4.78 is 1.73. The van der Waals surface area contributed by atoms with Crippen LogP contribution in [0.3, 0.4) is 0 Å². The molecular formula is C11H12ClN3O2. The van der Waals surface area contributed by atoms with Crippen molar-refractivity contribution in [2.24, 2.45) is 0 Å². The van der Waals surface area contributed by atoms with Crippen molar-refractivity contribution in [2.45, 2.75) is 26.8 Å². The van der Waals surface area contributed by atoms with Gasteiger partial charge in [0.15, 0.2) is 5.65 Å². The van der Waals surface area contributed by atoms with Crippen LogP contribution < -0.4 is 0 Å². The molecule has 6 heteroatoms. The Hall–Kier alpha value is -1.62. The summed E-state index contributed by atoms with van der Waals surface area (Å²) in [5, 5.41) is 14.2. The van der Waals surface area contributed by atoms with E-state index in [1.165, 1.54) is 6.20 Å². The molecule has 2 heterocycles. The first kappa shape index (κ1) is 11.9. The molecule has 0 bridgehead atoms. The minimum Gasteiger partial charge on any atom is -0.478 e. The second-order valence-electron chi connectivity index (χ2n) is 3.61. The van der Waals surface area contributed by atoms with Gasteiger partial charge in [-0.2, -0.15) is 5.10 Å². The van der Waals surface area contributed by atoms with Crippen LogP contribution in [-0.4, -0.2) is 25.8 Å². The van der Waals surface area contributed by atoms with Gasteiger partial charge in [0.1, 0.15) is 0 Å². The molecule has 0 aliphatic carbocycles. The molecule has 5 nitrogen and oxygen atoms in total. The zero-order chi connectivity index (χ0) is 12.6. The maximum atomic E-state index is 11.0. The van der Waals surface area contributed by atoms with Gasteiger partial charge >= 0.3 is 5.97 Å². The van der Waals surface area contributed by atoms with Gasteiger partial charge in [-0.05, 0) is 13.3 Å². The zero-order valence-corrected chi connectivity index (χ0v) is 10.3. The molecule has 0 spiro atoms. The average Bonchev–Trinajstić information content (AvgIpc) is 2.67. The first-order valence-corrected chi connectivity index (χ1v) is 5.75. The predicted molar refractivity (Wildman–Crippen MR) is 64.5 cm³/mol. The normalized spacial score (nSPS) is 11.0. The van der Waals surface area contributed by atoms with Gasteiger partial charge < -0.3 is 5.11 Å². The van der Waals surface area contributed by atoms with Crippen molar-refractivity contribution in [3.8, 4) is 0 Å². The topological polar surface area (TPSA) is 68.0 Å². The molecule has 0 aromatic carbocycles. The third kappa shape index (κ3) is 1.76. The van der Waals surface area contributed by atoms with Crippen LogP contribution in [0.2, 0.25) is 5.02 Å². The Kier molecular flexibility index (Phi) is 3.02. The number of carbonyl (C=O) groups is 1. The minimum absolute atomic E-state index is 0.0181. The number of aryl methyl sites for hydroxylation is 2. The Morgan fingerprint density at radius 2 is 2.24 bits per heavy atom. The van der Waals surface area contributed by atoms with Gasteiger partial charge in [0.25, 0.3) is 0 Å². The van der Waals surface area contributed by atoms with E-state index >= 15 is 0 Å². The largest absolute Gasteiger partial charge is 0.478 e. The molecule has 0 aliphatic heterocycles. The van der Waals surface area contributed by atoms with Crippen molar-refractivity contribution < 1.29 is 9.90 Å². The molecule has 0 atom stereocenters. The van der Waals surface area contributed by atoms with Gasteiger partial charge in [0.05, 0.1) is 21.7 Å². The lowest BCUT2D eigenvalue weighted by molar-refractivity contribution is 0.0697. The van der Waals surface area contributed by atoms with E-state index in [0.29, 0.717) is 24.0 Å². The number of fused-ring (bicyclic) bond motifs is 1. The summed E-state index contributed by atoms with van der Waals surface area (Å²) in [5.74, 6) is -1.07. The molecule has 0 aliphatic rings. The van der Waals surface area contributed by atoms with Crippen molar-refractivity contribution in [3.63, 3.8) is 0 Å². The van der Waals surface area contributed by atoms with E-state index in [1.807, 2.05) is 13.8 Å². The van der Waals surface area contributed by atoms with Crippen molar-refractivity contribution >= 4 is 28.6 Å². The van der Waals surface area contributed by atoms with E-state index in [-0.39, 0.29) is 10.6 Å². The highest BCUT2D eigenvalue weighted by Gasteiger charge is 2.19. The maximum absolute atomic E-state index is 11.0. The van der Waals surface area contributed by atoms with Gasteiger partial charge in [-0.3, -0.25) is 0 Å². The number of pyridine rings is 1. The molecule has 2 rings (SSSR count). The highest BCUT2D eigenvalue weighted by Crippen LogP contribution is 2.29.